The highest BCUT2D eigenvalue weighted by Crippen LogP contribution is 2.26. The minimum Gasteiger partial charge on any atom is -0.486 e. The van der Waals surface area contributed by atoms with Crippen molar-refractivity contribution in [2.75, 3.05) is 11.1 Å². The largest absolute Gasteiger partial charge is 0.486 e. The minimum absolute atomic E-state index is 0.0978. The number of hydrogen-bond acceptors (Lipinski definition) is 5. The van der Waals surface area contributed by atoms with Gasteiger partial charge in [0.2, 0.25) is 5.91 Å². The number of nitrogens with one attached hydrogen (secondary N) is 1. The zero-order valence-corrected chi connectivity index (χ0v) is 19.2. The third-order valence-corrected chi connectivity index (χ3v) is 6.18. The molecule has 3 rings (SSSR count). The van der Waals surface area contributed by atoms with Crippen molar-refractivity contribution in [3.05, 3.63) is 63.4 Å². The molecule has 0 saturated heterocycles. The number of aryl methyl sites for hydroxylation is 3. The summed E-state index contributed by atoms with van der Waals surface area (Å²) in [4.78, 5) is 12.4. The number of rotatable bonds is 7. The first kappa shape index (κ1) is 21.4. The molecule has 3 aromatic rings. The smallest absolute Gasteiger partial charge is 0.234 e. The van der Waals surface area contributed by atoms with E-state index >= 15 is 0 Å². The summed E-state index contributed by atoms with van der Waals surface area (Å²) in [5.74, 6) is 1.63. The fourth-order valence-electron chi connectivity index (χ4n) is 2.57. The van der Waals surface area contributed by atoms with E-state index in [1.165, 1.54) is 22.9 Å². The maximum absolute atomic E-state index is 12.4. The molecule has 29 heavy (non-hydrogen) atoms. The Balaban J connectivity index is 1.55. The van der Waals surface area contributed by atoms with E-state index in [4.69, 9.17) is 4.74 Å². The van der Waals surface area contributed by atoms with Crippen LogP contribution in [0.5, 0.6) is 5.75 Å². The number of amides is 1. The zero-order valence-electron chi connectivity index (χ0n) is 16.8. The van der Waals surface area contributed by atoms with Crippen LogP contribution in [0.2, 0.25) is 0 Å². The van der Waals surface area contributed by atoms with Crippen LogP contribution in [0, 0.1) is 20.8 Å². The van der Waals surface area contributed by atoms with Gasteiger partial charge in [-0.1, -0.05) is 29.5 Å². The SMILES string of the molecule is Cc1ccc(OCc2nnc(SCC(=O)Nc3cc(C)c(C)cc3Br)n2C)cc1. The van der Waals surface area contributed by atoms with Gasteiger partial charge in [-0.15, -0.1) is 10.2 Å². The molecule has 1 aromatic heterocycles. The first-order chi connectivity index (χ1) is 13.8. The average molecular weight is 475 g/mol. The van der Waals surface area contributed by atoms with E-state index in [9.17, 15) is 4.79 Å². The molecule has 1 amide bonds. The number of carbonyl (C=O) groups excluding carboxylic acids is 1. The number of nitrogens with zero attached hydrogens (tertiary/aromatic N) is 3. The van der Waals surface area contributed by atoms with E-state index < -0.39 is 0 Å². The van der Waals surface area contributed by atoms with Crippen LogP contribution in [0.3, 0.4) is 0 Å². The minimum atomic E-state index is -0.0978. The van der Waals surface area contributed by atoms with Crippen molar-refractivity contribution in [1.82, 2.24) is 14.8 Å². The van der Waals surface area contributed by atoms with Crippen molar-refractivity contribution in [3.63, 3.8) is 0 Å². The van der Waals surface area contributed by atoms with Crippen molar-refractivity contribution in [2.45, 2.75) is 32.5 Å². The van der Waals surface area contributed by atoms with E-state index in [1.807, 2.05) is 68.8 Å². The molecule has 8 heteroatoms. The van der Waals surface area contributed by atoms with Crippen LogP contribution in [0.15, 0.2) is 46.0 Å². The first-order valence-electron chi connectivity index (χ1n) is 9.10. The van der Waals surface area contributed by atoms with E-state index in [0.717, 1.165) is 21.5 Å². The lowest BCUT2D eigenvalue weighted by Gasteiger charge is -2.10. The van der Waals surface area contributed by atoms with Crippen molar-refractivity contribution in [2.24, 2.45) is 7.05 Å². The molecule has 0 spiro atoms. The quantitative estimate of drug-likeness (QED) is 0.497. The molecule has 0 radical (unpaired) electrons. The van der Waals surface area contributed by atoms with Gasteiger partial charge in [-0.3, -0.25) is 4.79 Å². The van der Waals surface area contributed by atoms with Crippen LogP contribution in [-0.2, 0) is 18.4 Å². The lowest BCUT2D eigenvalue weighted by Crippen LogP contribution is -2.15. The average Bonchev–Trinajstić information content (AvgIpc) is 3.04. The molecule has 0 saturated carbocycles. The third kappa shape index (κ3) is 5.61. The number of aromatic nitrogens is 3. The normalized spacial score (nSPS) is 10.8. The number of ether oxygens (including phenoxy) is 1. The predicted octanol–water partition coefficient (Wildman–Crippen LogP) is 4.81. The maximum Gasteiger partial charge on any atom is 0.234 e. The van der Waals surface area contributed by atoms with Crippen molar-refractivity contribution in [3.8, 4) is 5.75 Å². The van der Waals surface area contributed by atoms with Crippen LogP contribution in [0.4, 0.5) is 5.69 Å². The molecule has 0 aliphatic heterocycles. The molecule has 0 fully saturated rings. The Morgan fingerprint density at radius 2 is 1.83 bits per heavy atom. The van der Waals surface area contributed by atoms with Crippen LogP contribution < -0.4 is 10.1 Å². The highest BCUT2D eigenvalue weighted by Gasteiger charge is 2.13. The molecule has 0 bridgehead atoms. The molecule has 0 atom stereocenters. The summed E-state index contributed by atoms with van der Waals surface area (Å²) in [6.07, 6.45) is 0. The molecule has 0 unspecified atom stereocenters. The number of benzene rings is 2. The van der Waals surface area contributed by atoms with Gasteiger partial charge in [-0.25, -0.2) is 0 Å². The highest BCUT2D eigenvalue weighted by molar-refractivity contribution is 9.10. The maximum atomic E-state index is 12.4. The third-order valence-electron chi connectivity index (χ3n) is 4.50. The first-order valence-corrected chi connectivity index (χ1v) is 10.9. The van der Waals surface area contributed by atoms with Crippen molar-refractivity contribution >= 4 is 39.3 Å². The van der Waals surface area contributed by atoms with Gasteiger partial charge in [0.15, 0.2) is 11.0 Å². The van der Waals surface area contributed by atoms with Crippen LogP contribution in [-0.4, -0.2) is 26.4 Å². The van der Waals surface area contributed by atoms with Crippen LogP contribution in [0.25, 0.3) is 0 Å². The predicted molar refractivity (Wildman–Crippen MR) is 119 cm³/mol. The van der Waals surface area contributed by atoms with Gasteiger partial charge >= 0.3 is 0 Å². The Bertz CT molecular complexity index is 1020. The molecular formula is C21H23BrN4O2S. The van der Waals surface area contributed by atoms with Gasteiger partial charge in [-0.05, 0) is 72.1 Å². The van der Waals surface area contributed by atoms with E-state index in [-0.39, 0.29) is 11.7 Å². The van der Waals surface area contributed by atoms with Gasteiger partial charge < -0.3 is 14.6 Å². The Morgan fingerprint density at radius 3 is 2.55 bits per heavy atom. The van der Waals surface area contributed by atoms with Gasteiger partial charge in [0, 0.05) is 11.5 Å². The molecule has 0 aliphatic rings. The monoisotopic (exact) mass is 474 g/mol. The number of hydrogen-bond donors (Lipinski definition) is 1. The van der Waals surface area contributed by atoms with Gasteiger partial charge in [0.05, 0.1) is 11.4 Å². The molecule has 1 N–H and O–H groups in total. The van der Waals surface area contributed by atoms with E-state index in [1.54, 1.807) is 0 Å². The zero-order chi connectivity index (χ0) is 21.0. The molecule has 6 nitrogen and oxygen atoms in total. The Kier molecular flexibility index (Phi) is 6.97. The Morgan fingerprint density at radius 1 is 1.14 bits per heavy atom. The summed E-state index contributed by atoms with van der Waals surface area (Å²) in [5, 5.41) is 12.0. The van der Waals surface area contributed by atoms with E-state index in [0.29, 0.717) is 17.6 Å². The highest BCUT2D eigenvalue weighted by atomic mass is 79.9. The second-order valence-corrected chi connectivity index (χ2v) is 8.61. The summed E-state index contributed by atoms with van der Waals surface area (Å²) >= 11 is 4.84. The fourth-order valence-corrected chi connectivity index (χ4v) is 3.86. The Labute approximate surface area is 183 Å². The summed E-state index contributed by atoms with van der Waals surface area (Å²) in [6.45, 7) is 6.40. The molecule has 2 aromatic carbocycles. The number of halogens is 1. The number of thioether (sulfide) groups is 1. The van der Waals surface area contributed by atoms with Crippen LogP contribution >= 0.6 is 27.7 Å². The topological polar surface area (TPSA) is 69.0 Å². The standard InChI is InChI=1S/C21H23BrN4O2S/c1-13-5-7-16(8-6-13)28-11-19-24-25-21(26(19)4)29-12-20(27)23-18-10-15(3)14(2)9-17(18)22/h5-10H,11-12H2,1-4H3,(H,23,27). The summed E-state index contributed by atoms with van der Waals surface area (Å²) < 4.78 is 8.48. The van der Waals surface area contributed by atoms with E-state index in [2.05, 4.69) is 31.4 Å². The number of anilines is 1. The Hall–Kier alpha value is -2.32. The fraction of sp³-hybridized carbons (Fsp3) is 0.286. The second kappa shape index (κ2) is 9.45. The number of carbonyl (C=O) groups is 1. The van der Waals surface area contributed by atoms with Crippen molar-refractivity contribution < 1.29 is 9.53 Å². The summed E-state index contributed by atoms with van der Waals surface area (Å²) in [7, 11) is 1.87. The molecule has 1 heterocycles. The summed E-state index contributed by atoms with van der Waals surface area (Å²) in [6, 6.07) is 11.8. The van der Waals surface area contributed by atoms with Crippen molar-refractivity contribution in [1.29, 1.82) is 0 Å². The molecular weight excluding hydrogens is 452 g/mol. The van der Waals surface area contributed by atoms with Crippen LogP contribution in [0.1, 0.15) is 22.5 Å². The summed E-state index contributed by atoms with van der Waals surface area (Å²) in [5.41, 5.74) is 4.25. The van der Waals surface area contributed by atoms with Gasteiger partial charge in [0.25, 0.3) is 0 Å². The molecule has 152 valence electrons. The lowest BCUT2D eigenvalue weighted by atomic mass is 10.1. The van der Waals surface area contributed by atoms with Gasteiger partial charge in [-0.2, -0.15) is 0 Å². The lowest BCUT2D eigenvalue weighted by molar-refractivity contribution is -0.113. The second-order valence-electron chi connectivity index (χ2n) is 6.81. The molecule has 0 aliphatic carbocycles. The van der Waals surface area contributed by atoms with Gasteiger partial charge in [0.1, 0.15) is 12.4 Å².